The smallest absolute Gasteiger partial charge is 0.219 e. The largest absolute Gasteiger partial charge is 0.493 e. The molecule has 48 heavy (non-hydrogen) atoms. The second-order valence-corrected chi connectivity index (χ2v) is 12.2. The normalized spacial score (nSPS) is 19.4. The second-order valence-electron chi connectivity index (χ2n) is 12.2. The fraction of sp³-hybridized carbons (Fsp3) is 0.293. The van der Waals surface area contributed by atoms with Crippen molar-refractivity contribution in [3.05, 3.63) is 115 Å². The molecule has 2 saturated heterocycles. The molecule has 7 nitrogen and oxygen atoms in total. The quantitative estimate of drug-likeness (QED) is 0.0991. The molecule has 3 heterocycles. The van der Waals surface area contributed by atoms with Crippen molar-refractivity contribution in [3.63, 3.8) is 0 Å². The highest BCUT2D eigenvalue weighted by atomic mass is 16.6. The zero-order valence-electron chi connectivity index (χ0n) is 27.4. The van der Waals surface area contributed by atoms with Crippen LogP contribution in [0.2, 0.25) is 0 Å². The van der Waals surface area contributed by atoms with Crippen LogP contribution in [0, 0.1) is 0 Å². The van der Waals surface area contributed by atoms with E-state index in [4.69, 9.17) is 28.4 Å². The van der Waals surface area contributed by atoms with Gasteiger partial charge in [0.25, 0.3) is 0 Å². The van der Waals surface area contributed by atoms with E-state index in [1.54, 1.807) is 12.3 Å². The Morgan fingerprint density at radius 1 is 0.458 bits per heavy atom. The standard InChI is InChI=1S/C41H41NO6/c1-3-37-39(47-37)23-25-43-32-13-5-28(6-14-32)30-9-17-34(18-10-30)45-36-21-22-41(42-27-36)46-35-19-11-31(12-20-35)29-7-15-33(16-8-29)44-26-24-40-38(4-2)48-40/h5-22,27,37-40H,3-4,23-26H2,1-2H3. The number of ether oxygens (including phenoxy) is 6. The van der Waals surface area contributed by atoms with Crippen LogP contribution in [0.4, 0.5) is 0 Å². The number of hydrogen-bond donors (Lipinski definition) is 0. The van der Waals surface area contributed by atoms with E-state index in [0.717, 1.165) is 65.2 Å². The predicted octanol–water partition coefficient (Wildman–Crippen LogP) is 9.89. The average Bonchev–Trinajstić information content (AvgIpc) is 4.07. The third-order valence-electron chi connectivity index (χ3n) is 8.77. The molecule has 4 atom stereocenters. The van der Waals surface area contributed by atoms with Crippen molar-refractivity contribution < 1.29 is 28.4 Å². The van der Waals surface area contributed by atoms with Gasteiger partial charge in [0.1, 0.15) is 28.7 Å². The summed E-state index contributed by atoms with van der Waals surface area (Å²) in [5.74, 6) is 4.31. The lowest BCUT2D eigenvalue weighted by Crippen LogP contribution is -2.03. The number of hydrogen-bond acceptors (Lipinski definition) is 7. The molecule has 0 bridgehead atoms. The van der Waals surface area contributed by atoms with Crippen molar-refractivity contribution in [2.75, 3.05) is 13.2 Å². The maximum atomic E-state index is 6.03. The Morgan fingerprint density at radius 3 is 1.23 bits per heavy atom. The van der Waals surface area contributed by atoms with Crippen molar-refractivity contribution in [2.24, 2.45) is 0 Å². The molecule has 7 rings (SSSR count). The number of nitrogens with zero attached hydrogens (tertiary/aromatic N) is 1. The summed E-state index contributed by atoms with van der Waals surface area (Å²) < 4.78 is 35.0. The highest BCUT2D eigenvalue weighted by Crippen LogP contribution is 2.32. The van der Waals surface area contributed by atoms with Gasteiger partial charge in [0, 0.05) is 18.9 Å². The second kappa shape index (κ2) is 14.9. The van der Waals surface area contributed by atoms with E-state index in [0.29, 0.717) is 55.0 Å². The molecule has 4 unspecified atom stereocenters. The average molecular weight is 644 g/mol. The van der Waals surface area contributed by atoms with E-state index in [-0.39, 0.29) is 0 Å². The van der Waals surface area contributed by atoms with Gasteiger partial charge < -0.3 is 28.4 Å². The number of pyridine rings is 1. The summed E-state index contributed by atoms with van der Waals surface area (Å²) in [4.78, 5) is 4.44. The Hall–Kier alpha value is -4.85. The molecule has 246 valence electrons. The van der Waals surface area contributed by atoms with Gasteiger partial charge >= 0.3 is 0 Å². The first kappa shape index (κ1) is 31.7. The summed E-state index contributed by atoms with van der Waals surface area (Å²) in [7, 11) is 0. The summed E-state index contributed by atoms with van der Waals surface area (Å²) in [5.41, 5.74) is 4.43. The van der Waals surface area contributed by atoms with Gasteiger partial charge in [-0.3, -0.25) is 0 Å². The van der Waals surface area contributed by atoms with Gasteiger partial charge in [-0.05, 0) is 89.7 Å². The monoisotopic (exact) mass is 643 g/mol. The highest BCUT2D eigenvalue weighted by Gasteiger charge is 2.37. The Morgan fingerprint density at radius 2 is 0.854 bits per heavy atom. The number of epoxide rings is 2. The van der Waals surface area contributed by atoms with Crippen molar-refractivity contribution in [2.45, 2.75) is 63.9 Å². The van der Waals surface area contributed by atoms with Crippen molar-refractivity contribution in [1.82, 2.24) is 4.98 Å². The molecule has 1 aromatic heterocycles. The van der Waals surface area contributed by atoms with Crippen LogP contribution in [-0.2, 0) is 9.47 Å². The fourth-order valence-corrected chi connectivity index (χ4v) is 5.83. The van der Waals surface area contributed by atoms with Crippen LogP contribution in [-0.4, -0.2) is 42.6 Å². The molecular formula is C41H41NO6. The Kier molecular flexibility index (Phi) is 9.87. The van der Waals surface area contributed by atoms with E-state index < -0.39 is 0 Å². The lowest BCUT2D eigenvalue weighted by atomic mass is 10.1. The summed E-state index contributed by atoms with van der Waals surface area (Å²) in [6.07, 6.45) is 7.25. The van der Waals surface area contributed by atoms with Gasteiger partial charge in [-0.15, -0.1) is 0 Å². The number of rotatable bonds is 16. The zero-order chi connectivity index (χ0) is 32.7. The molecule has 2 fully saturated rings. The van der Waals surface area contributed by atoms with Crippen molar-refractivity contribution >= 4 is 0 Å². The topological polar surface area (TPSA) is 74.9 Å². The van der Waals surface area contributed by atoms with Crippen LogP contribution in [0.5, 0.6) is 34.6 Å². The van der Waals surface area contributed by atoms with Gasteiger partial charge in [0.15, 0.2) is 0 Å². The molecular weight excluding hydrogens is 602 g/mol. The third kappa shape index (κ3) is 8.35. The number of benzene rings is 4. The molecule has 0 amide bonds. The van der Waals surface area contributed by atoms with E-state index in [1.165, 1.54) is 0 Å². The van der Waals surface area contributed by atoms with Crippen LogP contribution < -0.4 is 18.9 Å². The van der Waals surface area contributed by atoms with Crippen LogP contribution in [0.25, 0.3) is 22.3 Å². The summed E-state index contributed by atoms with van der Waals surface area (Å²) >= 11 is 0. The first-order valence-electron chi connectivity index (χ1n) is 16.9. The van der Waals surface area contributed by atoms with Crippen LogP contribution in [0.1, 0.15) is 39.5 Å². The minimum atomic E-state index is 0.364. The molecule has 7 heteroatoms. The first-order valence-corrected chi connectivity index (χ1v) is 16.9. The van der Waals surface area contributed by atoms with Gasteiger partial charge in [0.05, 0.1) is 43.8 Å². The lowest BCUT2D eigenvalue weighted by molar-refractivity contribution is 0.280. The minimum Gasteiger partial charge on any atom is -0.493 e. The van der Waals surface area contributed by atoms with Crippen LogP contribution in [0.15, 0.2) is 115 Å². The van der Waals surface area contributed by atoms with Gasteiger partial charge in [0.2, 0.25) is 5.88 Å². The molecule has 4 aromatic carbocycles. The zero-order valence-corrected chi connectivity index (χ0v) is 27.4. The van der Waals surface area contributed by atoms with Gasteiger partial charge in [-0.25, -0.2) is 4.98 Å². The van der Waals surface area contributed by atoms with E-state index in [2.05, 4.69) is 43.1 Å². The Bertz CT molecular complexity index is 1610. The molecule has 0 aliphatic carbocycles. The fourth-order valence-electron chi connectivity index (χ4n) is 5.83. The number of aromatic nitrogens is 1. The Labute approximate surface area is 282 Å². The highest BCUT2D eigenvalue weighted by molar-refractivity contribution is 5.66. The van der Waals surface area contributed by atoms with Gasteiger partial charge in [-0.2, -0.15) is 0 Å². The van der Waals surface area contributed by atoms with Crippen LogP contribution >= 0.6 is 0 Å². The van der Waals surface area contributed by atoms with E-state index >= 15 is 0 Å². The molecule has 0 N–H and O–H groups in total. The molecule has 2 aliphatic heterocycles. The maximum Gasteiger partial charge on any atom is 0.219 e. The summed E-state index contributed by atoms with van der Waals surface area (Å²) in [6, 6.07) is 36.0. The van der Waals surface area contributed by atoms with E-state index in [1.807, 2.05) is 78.9 Å². The molecule has 0 spiro atoms. The SMILES string of the molecule is CCC1OC1CCOc1ccc(-c2ccc(Oc3ccc(Oc4ccc(-c5ccc(OCCC6OC6CC)cc5)cc4)nc3)cc2)cc1. The first-order chi connectivity index (χ1) is 23.6. The third-order valence-corrected chi connectivity index (χ3v) is 8.77. The van der Waals surface area contributed by atoms with Crippen molar-refractivity contribution in [3.8, 4) is 56.9 Å². The summed E-state index contributed by atoms with van der Waals surface area (Å²) in [5, 5.41) is 0. The Balaban J connectivity index is 0.859. The molecule has 0 saturated carbocycles. The maximum absolute atomic E-state index is 6.03. The molecule has 5 aromatic rings. The molecule has 2 aliphatic rings. The van der Waals surface area contributed by atoms with E-state index in [9.17, 15) is 0 Å². The van der Waals surface area contributed by atoms with Gasteiger partial charge in [-0.1, -0.05) is 62.4 Å². The summed E-state index contributed by atoms with van der Waals surface area (Å²) in [6.45, 7) is 5.65. The molecule has 0 radical (unpaired) electrons. The van der Waals surface area contributed by atoms with Crippen LogP contribution in [0.3, 0.4) is 0 Å². The van der Waals surface area contributed by atoms with Crippen molar-refractivity contribution in [1.29, 1.82) is 0 Å². The predicted molar refractivity (Wildman–Crippen MR) is 186 cm³/mol. The lowest BCUT2D eigenvalue weighted by Gasteiger charge is -2.10. The minimum absolute atomic E-state index is 0.364.